The van der Waals surface area contributed by atoms with Gasteiger partial charge in [-0.15, -0.1) is 0 Å². The second-order valence-corrected chi connectivity index (χ2v) is 5.10. The predicted molar refractivity (Wildman–Crippen MR) is 72.4 cm³/mol. The molecule has 0 aliphatic carbocycles. The van der Waals surface area contributed by atoms with Crippen LogP contribution in [0.25, 0.3) is 0 Å². The third-order valence-electron chi connectivity index (χ3n) is 3.92. The van der Waals surface area contributed by atoms with Gasteiger partial charge in [-0.05, 0) is 51.3 Å². The van der Waals surface area contributed by atoms with E-state index >= 15 is 0 Å². The van der Waals surface area contributed by atoms with Crippen LogP contribution in [0.15, 0.2) is 18.3 Å². The van der Waals surface area contributed by atoms with Gasteiger partial charge in [0.1, 0.15) is 5.82 Å². The van der Waals surface area contributed by atoms with Crippen LogP contribution in [0.2, 0.25) is 0 Å². The molecular weight excluding hydrogens is 210 g/mol. The number of nitrogens with zero attached hydrogens (tertiary/aromatic N) is 2. The normalized spacial score (nSPS) is 19.4. The highest BCUT2D eigenvalue weighted by Crippen LogP contribution is 2.23. The maximum atomic E-state index is 4.50. The molecule has 1 aromatic heterocycles. The minimum Gasteiger partial charge on any atom is -0.357 e. The van der Waals surface area contributed by atoms with Gasteiger partial charge in [-0.1, -0.05) is 6.07 Å². The smallest absolute Gasteiger partial charge is 0.128 e. The minimum atomic E-state index is 0.628. The third-order valence-corrected chi connectivity index (χ3v) is 3.92. The molecule has 1 N–H and O–H groups in total. The van der Waals surface area contributed by atoms with E-state index in [1.165, 1.54) is 18.4 Å². The summed E-state index contributed by atoms with van der Waals surface area (Å²) in [4.78, 5) is 6.90. The quantitative estimate of drug-likeness (QED) is 0.867. The van der Waals surface area contributed by atoms with E-state index in [0.717, 1.165) is 24.8 Å². The van der Waals surface area contributed by atoms with Gasteiger partial charge in [0.2, 0.25) is 0 Å². The van der Waals surface area contributed by atoms with Crippen LogP contribution < -0.4 is 10.2 Å². The molecule has 0 spiro atoms. The number of piperidine rings is 1. The lowest BCUT2D eigenvalue weighted by molar-refractivity contribution is 0.323. The summed E-state index contributed by atoms with van der Waals surface area (Å²) in [7, 11) is 2.05. The Bertz CT molecular complexity index is 339. The maximum Gasteiger partial charge on any atom is 0.128 e. The van der Waals surface area contributed by atoms with Crippen LogP contribution in [0.5, 0.6) is 0 Å². The molecule has 1 aliphatic rings. The molecule has 0 amide bonds. The summed E-state index contributed by atoms with van der Waals surface area (Å²) >= 11 is 0. The van der Waals surface area contributed by atoms with Gasteiger partial charge in [-0.25, -0.2) is 4.98 Å². The molecule has 0 bridgehead atoms. The molecule has 1 unspecified atom stereocenters. The molecule has 2 heterocycles. The lowest BCUT2D eigenvalue weighted by Gasteiger charge is -2.35. The Morgan fingerprint density at radius 2 is 2.06 bits per heavy atom. The second kappa shape index (κ2) is 5.50. The number of anilines is 1. The highest BCUT2D eigenvalue weighted by molar-refractivity contribution is 5.39. The van der Waals surface area contributed by atoms with E-state index in [1.54, 1.807) is 0 Å². The Morgan fingerprint density at radius 3 is 2.59 bits per heavy atom. The number of hydrogen-bond acceptors (Lipinski definition) is 3. The molecule has 3 nitrogen and oxygen atoms in total. The van der Waals surface area contributed by atoms with Gasteiger partial charge < -0.3 is 10.2 Å². The van der Waals surface area contributed by atoms with Gasteiger partial charge in [0, 0.05) is 25.3 Å². The number of rotatable bonds is 3. The first kappa shape index (κ1) is 12.4. The summed E-state index contributed by atoms with van der Waals surface area (Å²) in [6.45, 7) is 6.63. The number of hydrogen-bond donors (Lipinski definition) is 1. The standard InChI is InChI=1S/C14H23N3/c1-11-4-5-14(16-10-11)17-8-6-13(7-9-17)12(2)15-3/h4-5,10,12-13,15H,6-9H2,1-3H3. The minimum absolute atomic E-state index is 0.628. The largest absolute Gasteiger partial charge is 0.357 e. The average Bonchev–Trinajstić information content (AvgIpc) is 2.39. The molecule has 1 aliphatic heterocycles. The number of aromatic nitrogens is 1. The average molecular weight is 233 g/mol. The molecule has 17 heavy (non-hydrogen) atoms. The van der Waals surface area contributed by atoms with Crippen molar-refractivity contribution in [3.63, 3.8) is 0 Å². The molecule has 2 rings (SSSR count). The number of pyridine rings is 1. The molecule has 0 saturated carbocycles. The first-order chi connectivity index (χ1) is 8.20. The summed E-state index contributed by atoms with van der Waals surface area (Å²) < 4.78 is 0. The monoisotopic (exact) mass is 233 g/mol. The van der Waals surface area contributed by atoms with E-state index in [0.29, 0.717) is 6.04 Å². The lowest BCUT2D eigenvalue weighted by Crippen LogP contribution is -2.41. The Morgan fingerprint density at radius 1 is 1.35 bits per heavy atom. The fourth-order valence-electron chi connectivity index (χ4n) is 2.51. The summed E-state index contributed by atoms with van der Waals surface area (Å²) in [6, 6.07) is 4.91. The molecular formula is C14H23N3. The van der Waals surface area contributed by atoms with Crippen molar-refractivity contribution in [1.82, 2.24) is 10.3 Å². The van der Waals surface area contributed by atoms with Gasteiger partial charge in [-0.2, -0.15) is 0 Å². The molecule has 1 saturated heterocycles. The van der Waals surface area contributed by atoms with Crippen molar-refractivity contribution < 1.29 is 0 Å². The van der Waals surface area contributed by atoms with Crippen molar-refractivity contribution in [2.75, 3.05) is 25.0 Å². The Kier molecular flexibility index (Phi) is 4.00. The van der Waals surface area contributed by atoms with E-state index < -0.39 is 0 Å². The fraction of sp³-hybridized carbons (Fsp3) is 0.643. The first-order valence-electron chi connectivity index (χ1n) is 6.55. The van der Waals surface area contributed by atoms with Crippen LogP contribution in [0.4, 0.5) is 5.82 Å². The SMILES string of the molecule is CNC(C)C1CCN(c2ccc(C)cn2)CC1. The van der Waals surface area contributed by atoms with Crippen molar-refractivity contribution >= 4 is 5.82 Å². The maximum absolute atomic E-state index is 4.50. The van der Waals surface area contributed by atoms with Gasteiger partial charge in [0.15, 0.2) is 0 Å². The molecule has 0 aromatic carbocycles. The summed E-state index contributed by atoms with van der Waals surface area (Å²) in [5, 5.41) is 3.36. The topological polar surface area (TPSA) is 28.2 Å². The van der Waals surface area contributed by atoms with Crippen molar-refractivity contribution in [2.24, 2.45) is 5.92 Å². The van der Waals surface area contributed by atoms with Crippen LogP contribution in [0.3, 0.4) is 0 Å². The van der Waals surface area contributed by atoms with E-state index in [2.05, 4.69) is 48.2 Å². The van der Waals surface area contributed by atoms with E-state index in [9.17, 15) is 0 Å². The molecule has 94 valence electrons. The Hall–Kier alpha value is -1.09. The number of aryl methyl sites for hydroxylation is 1. The van der Waals surface area contributed by atoms with Crippen molar-refractivity contribution in [3.05, 3.63) is 23.9 Å². The fourth-order valence-corrected chi connectivity index (χ4v) is 2.51. The zero-order valence-corrected chi connectivity index (χ0v) is 11.1. The van der Waals surface area contributed by atoms with Crippen LogP contribution in [-0.4, -0.2) is 31.2 Å². The Labute approximate surface area is 104 Å². The van der Waals surface area contributed by atoms with Crippen LogP contribution in [-0.2, 0) is 0 Å². The number of nitrogens with one attached hydrogen (secondary N) is 1. The molecule has 0 radical (unpaired) electrons. The van der Waals surface area contributed by atoms with E-state index in [1.807, 2.05) is 6.20 Å². The van der Waals surface area contributed by atoms with Gasteiger partial charge in [0.05, 0.1) is 0 Å². The zero-order chi connectivity index (χ0) is 12.3. The van der Waals surface area contributed by atoms with Crippen molar-refractivity contribution in [2.45, 2.75) is 32.7 Å². The second-order valence-electron chi connectivity index (χ2n) is 5.10. The van der Waals surface area contributed by atoms with Crippen LogP contribution >= 0.6 is 0 Å². The molecule has 1 fully saturated rings. The van der Waals surface area contributed by atoms with Crippen LogP contribution in [0, 0.1) is 12.8 Å². The highest BCUT2D eigenvalue weighted by atomic mass is 15.2. The molecule has 1 aromatic rings. The van der Waals surface area contributed by atoms with Crippen LogP contribution in [0.1, 0.15) is 25.3 Å². The van der Waals surface area contributed by atoms with Gasteiger partial charge >= 0.3 is 0 Å². The van der Waals surface area contributed by atoms with Crippen molar-refractivity contribution in [3.8, 4) is 0 Å². The first-order valence-corrected chi connectivity index (χ1v) is 6.55. The van der Waals surface area contributed by atoms with E-state index in [-0.39, 0.29) is 0 Å². The third kappa shape index (κ3) is 2.97. The lowest BCUT2D eigenvalue weighted by atomic mass is 9.90. The van der Waals surface area contributed by atoms with Gasteiger partial charge in [0.25, 0.3) is 0 Å². The summed E-state index contributed by atoms with van der Waals surface area (Å²) in [6.07, 6.45) is 4.48. The molecule has 3 heteroatoms. The highest BCUT2D eigenvalue weighted by Gasteiger charge is 2.23. The Balaban J connectivity index is 1.93. The summed E-state index contributed by atoms with van der Waals surface area (Å²) in [5.74, 6) is 1.94. The zero-order valence-electron chi connectivity index (χ0n) is 11.1. The predicted octanol–water partition coefficient (Wildman–Crippen LogP) is 2.21. The van der Waals surface area contributed by atoms with E-state index in [4.69, 9.17) is 0 Å². The molecule has 1 atom stereocenters. The van der Waals surface area contributed by atoms with Gasteiger partial charge in [-0.3, -0.25) is 0 Å². The van der Waals surface area contributed by atoms with Crippen molar-refractivity contribution in [1.29, 1.82) is 0 Å². The summed E-state index contributed by atoms with van der Waals surface area (Å²) in [5.41, 5.74) is 1.23.